The summed E-state index contributed by atoms with van der Waals surface area (Å²) >= 11 is 6.15. The molecule has 0 bridgehead atoms. The number of hydrogen-bond acceptors (Lipinski definition) is 7. The van der Waals surface area contributed by atoms with Crippen molar-refractivity contribution in [1.29, 1.82) is 0 Å². The molecule has 2 aromatic carbocycles. The second kappa shape index (κ2) is 8.31. The van der Waals surface area contributed by atoms with E-state index in [1.54, 1.807) is 18.2 Å². The minimum absolute atomic E-state index is 0.108. The van der Waals surface area contributed by atoms with Crippen LogP contribution in [-0.4, -0.2) is 60.2 Å². The largest absolute Gasteiger partial charge is 0.508 e. The summed E-state index contributed by atoms with van der Waals surface area (Å²) in [7, 11) is -3.97. The summed E-state index contributed by atoms with van der Waals surface area (Å²) < 4.78 is 33.3. The highest BCUT2D eigenvalue weighted by Gasteiger charge is 2.30. The van der Waals surface area contributed by atoms with E-state index < -0.39 is 16.0 Å². The van der Waals surface area contributed by atoms with Gasteiger partial charge in [-0.25, -0.2) is 13.2 Å². The van der Waals surface area contributed by atoms with Crippen molar-refractivity contribution in [3.05, 3.63) is 53.2 Å². The zero-order valence-corrected chi connectivity index (χ0v) is 17.7. The first-order chi connectivity index (χ1) is 14.8. The lowest BCUT2D eigenvalue weighted by Gasteiger charge is -2.27. The average Bonchev–Trinajstić information content (AvgIpc) is 2.75. The number of morpholine rings is 1. The summed E-state index contributed by atoms with van der Waals surface area (Å²) in [6.07, 6.45) is 1.24. The molecule has 1 aliphatic heterocycles. The van der Waals surface area contributed by atoms with E-state index in [0.29, 0.717) is 15.9 Å². The van der Waals surface area contributed by atoms with Gasteiger partial charge in [-0.05, 0) is 36.4 Å². The number of hydrogen-bond donors (Lipinski definition) is 3. The van der Waals surface area contributed by atoms with Crippen molar-refractivity contribution < 1.29 is 28.2 Å². The maximum Gasteiger partial charge on any atom is 0.337 e. The molecule has 1 fully saturated rings. The second-order valence-corrected chi connectivity index (χ2v) is 9.18. The first kappa shape index (κ1) is 21.3. The molecule has 1 saturated heterocycles. The topological polar surface area (TPSA) is 129 Å². The lowest BCUT2D eigenvalue weighted by Crippen LogP contribution is -2.40. The van der Waals surface area contributed by atoms with Gasteiger partial charge >= 0.3 is 5.97 Å². The smallest absolute Gasteiger partial charge is 0.337 e. The van der Waals surface area contributed by atoms with Crippen molar-refractivity contribution >= 4 is 49.9 Å². The predicted octanol–water partition coefficient (Wildman–Crippen LogP) is 3.06. The molecule has 162 valence electrons. The van der Waals surface area contributed by atoms with Crippen molar-refractivity contribution in [1.82, 2.24) is 9.29 Å². The molecular formula is C20H18ClN3O6S. The third kappa shape index (κ3) is 4.15. The van der Waals surface area contributed by atoms with Crippen molar-refractivity contribution in [3.63, 3.8) is 0 Å². The van der Waals surface area contributed by atoms with Crippen molar-refractivity contribution in [2.45, 2.75) is 4.90 Å². The van der Waals surface area contributed by atoms with Gasteiger partial charge in [0.15, 0.2) is 0 Å². The summed E-state index contributed by atoms with van der Waals surface area (Å²) in [6, 6.07) is 8.58. The maximum absolute atomic E-state index is 13.4. The molecule has 9 nitrogen and oxygen atoms in total. The molecule has 0 atom stereocenters. The number of aromatic carboxylic acids is 1. The molecular weight excluding hydrogens is 446 g/mol. The number of carbonyl (C=O) groups is 1. The number of carboxylic acid groups (broad SMARTS) is 1. The number of phenolic OH excluding ortho intramolecular Hbond substituents is 1. The molecule has 0 spiro atoms. The van der Waals surface area contributed by atoms with Gasteiger partial charge in [0, 0.05) is 29.7 Å². The van der Waals surface area contributed by atoms with Crippen LogP contribution in [0.1, 0.15) is 10.4 Å². The molecule has 0 aliphatic carbocycles. The number of aromatic nitrogens is 1. The minimum Gasteiger partial charge on any atom is -0.508 e. The van der Waals surface area contributed by atoms with E-state index in [-0.39, 0.29) is 53.9 Å². The Bertz CT molecular complexity index is 1280. The van der Waals surface area contributed by atoms with Crippen LogP contribution in [0.3, 0.4) is 0 Å². The van der Waals surface area contributed by atoms with Gasteiger partial charge in [0.2, 0.25) is 10.0 Å². The van der Waals surface area contributed by atoms with Crippen LogP contribution in [0.25, 0.3) is 10.9 Å². The zero-order valence-electron chi connectivity index (χ0n) is 16.1. The molecule has 0 radical (unpaired) electrons. The highest BCUT2D eigenvalue weighted by Crippen LogP contribution is 2.36. The number of ether oxygens (including phenoxy) is 1. The van der Waals surface area contributed by atoms with Crippen molar-refractivity contribution in [3.8, 4) is 5.75 Å². The summed E-state index contributed by atoms with van der Waals surface area (Å²) in [5.41, 5.74) is 0.508. The molecule has 0 amide bonds. The molecule has 3 N–H and O–H groups in total. The number of nitrogens with one attached hydrogen (secondary N) is 1. The highest BCUT2D eigenvalue weighted by molar-refractivity contribution is 7.89. The lowest BCUT2D eigenvalue weighted by molar-refractivity contribution is 0.0697. The highest BCUT2D eigenvalue weighted by atomic mass is 35.5. The van der Waals surface area contributed by atoms with Gasteiger partial charge in [-0.1, -0.05) is 11.6 Å². The number of fused-ring (bicyclic) bond motifs is 1. The van der Waals surface area contributed by atoms with E-state index in [4.69, 9.17) is 16.3 Å². The molecule has 4 rings (SSSR count). The third-order valence-electron chi connectivity index (χ3n) is 4.88. The minimum atomic E-state index is -3.97. The van der Waals surface area contributed by atoms with Crippen LogP contribution in [0.5, 0.6) is 5.75 Å². The monoisotopic (exact) mass is 463 g/mol. The number of pyridine rings is 1. The summed E-state index contributed by atoms with van der Waals surface area (Å²) in [6.45, 7) is 0.926. The number of benzene rings is 2. The van der Waals surface area contributed by atoms with E-state index in [9.17, 15) is 23.4 Å². The molecule has 1 aliphatic rings. The Hall–Kier alpha value is -2.92. The van der Waals surface area contributed by atoms with Crippen molar-refractivity contribution in [2.24, 2.45) is 0 Å². The fourth-order valence-corrected chi connectivity index (χ4v) is 5.03. The Morgan fingerprint density at radius 1 is 1.16 bits per heavy atom. The SMILES string of the molecule is O=C(O)c1cc(O)ccc1Nc1c(S(=O)(=O)N2CCOCC2)cnc2ccc(Cl)cc12. The summed E-state index contributed by atoms with van der Waals surface area (Å²) in [4.78, 5) is 15.8. The standard InChI is InChI=1S/C20H18ClN3O6S/c21-12-1-3-16-14(9-12)19(23-17-4-2-13(25)10-15(17)20(26)27)18(11-22-16)31(28,29)24-5-7-30-8-6-24/h1-4,9-11,25H,5-8H2,(H,22,23)(H,26,27). The third-order valence-corrected chi connectivity index (χ3v) is 7.02. The summed E-state index contributed by atoms with van der Waals surface area (Å²) in [5, 5.41) is 22.9. The summed E-state index contributed by atoms with van der Waals surface area (Å²) in [5.74, 6) is -1.51. The first-order valence-corrected chi connectivity index (χ1v) is 11.1. The van der Waals surface area contributed by atoms with E-state index in [0.717, 1.165) is 6.07 Å². The molecule has 1 aromatic heterocycles. The number of nitrogens with zero attached hydrogens (tertiary/aromatic N) is 2. The lowest BCUT2D eigenvalue weighted by atomic mass is 10.1. The van der Waals surface area contributed by atoms with Crippen LogP contribution in [0.15, 0.2) is 47.5 Å². The number of halogens is 1. The Labute approximate surface area is 182 Å². The average molecular weight is 464 g/mol. The van der Waals surface area contributed by atoms with E-state index in [1.165, 1.54) is 22.6 Å². The van der Waals surface area contributed by atoms with Crippen LogP contribution >= 0.6 is 11.6 Å². The van der Waals surface area contributed by atoms with Gasteiger partial charge in [0.25, 0.3) is 0 Å². The first-order valence-electron chi connectivity index (χ1n) is 9.27. The number of sulfonamides is 1. The maximum atomic E-state index is 13.4. The molecule has 31 heavy (non-hydrogen) atoms. The fraction of sp³-hybridized carbons (Fsp3) is 0.200. The van der Waals surface area contributed by atoms with Gasteiger partial charge in [-0.15, -0.1) is 0 Å². The van der Waals surface area contributed by atoms with Crippen LogP contribution < -0.4 is 5.32 Å². The molecule has 11 heteroatoms. The van der Waals surface area contributed by atoms with E-state index in [1.807, 2.05) is 0 Å². The number of aromatic hydroxyl groups is 1. The quantitative estimate of drug-likeness (QED) is 0.492. The van der Waals surface area contributed by atoms with Gasteiger partial charge in [0.05, 0.1) is 35.7 Å². The second-order valence-electron chi connectivity index (χ2n) is 6.84. The normalized spacial score (nSPS) is 15.1. The van der Waals surface area contributed by atoms with Crippen LogP contribution in [0.4, 0.5) is 11.4 Å². The fourth-order valence-electron chi connectivity index (χ4n) is 3.35. The van der Waals surface area contributed by atoms with E-state index >= 15 is 0 Å². The Kier molecular flexibility index (Phi) is 5.71. The molecule has 2 heterocycles. The van der Waals surface area contributed by atoms with Crippen LogP contribution in [-0.2, 0) is 14.8 Å². The molecule has 3 aromatic rings. The number of anilines is 2. The Morgan fingerprint density at radius 2 is 1.90 bits per heavy atom. The predicted molar refractivity (Wildman–Crippen MR) is 115 cm³/mol. The number of rotatable bonds is 5. The number of carboxylic acids is 1. The Morgan fingerprint density at radius 3 is 2.61 bits per heavy atom. The molecule has 0 saturated carbocycles. The van der Waals surface area contributed by atoms with Gasteiger partial charge < -0.3 is 20.3 Å². The Balaban J connectivity index is 1.93. The van der Waals surface area contributed by atoms with Crippen LogP contribution in [0, 0.1) is 0 Å². The molecule has 0 unspecified atom stereocenters. The van der Waals surface area contributed by atoms with Gasteiger partial charge in [-0.3, -0.25) is 4.98 Å². The van der Waals surface area contributed by atoms with Gasteiger partial charge in [-0.2, -0.15) is 4.31 Å². The van der Waals surface area contributed by atoms with Crippen LogP contribution in [0.2, 0.25) is 5.02 Å². The van der Waals surface area contributed by atoms with Gasteiger partial charge in [0.1, 0.15) is 10.6 Å². The van der Waals surface area contributed by atoms with Crippen molar-refractivity contribution in [2.75, 3.05) is 31.6 Å². The number of phenols is 1. The van der Waals surface area contributed by atoms with E-state index in [2.05, 4.69) is 10.3 Å². The zero-order chi connectivity index (χ0) is 22.2.